The van der Waals surface area contributed by atoms with E-state index < -0.39 is 6.61 Å². The van der Waals surface area contributed by atoms with Gasteiger partial charge < -0.3 is 10.1 Å². The fourth-order valence-electron chi connectivity index (χ4n) is 1.63. The lowest BCUT2D eigenvalue weighted by Gasteiger charge is -2.13. The minimum absolute atomic E-state index is 0.0565. The molecule has 0 aliphatic carbocycles. The number of halogens is 5. The van der Waals surface area contributed by atoms with Gasteiger partial charge in [0.1, 0.15) is 5.75 Å². The molecule has 1 aromatic carbocycles. The Bertz CT molecular complexity index is 644. The standard InChI is InChI=1S/C13H9BrCl2F2N2O/c14-8-4-10(12(16)20-6-8)19-5-7-3-9(15)1-2-11(7)21-13(17)18/h1-4,6,13,19H,5H2. The third kappa shape index (κ3) is 4.69. The van der Waals surface area contributed by atoms with Crippen LogP contribution in [-0.4, -0.2) is 11.6 Å². The lowest BCUT2D eigenvalue weighted by molar-refractivity contribution is -0.0504. The van der Waals surface area contributed by atoms with Gasteiger partial charge in [0.25, 0.3) is 0 Å². The molecular formula is C13H9BrCl2F2N2O. The summed E-state index contributed by atoms with van der Waals surface area (Å²) in [6.07, 6.45) is 1.55. The minimum atomic E-state index is -2.90. The average Bonchev–Trinajstić information content (AvgIpc) is 2.42. The van der Waals surface area contributed by atoms with Crippen molar-refractivity contribution in [2.75, 3.05) is 5.32 Å². The summed E-state index contributed by atoms with van der Waals surface area (Å²) in [5, 5.41) is 3.70. The molecule has 0 atom stereocenters. The van der Waals surface area contributed by atoms with E-state index in [9.17, 15) is 8.78 Å². The van der Waals surface area contributed by atoms with Gasteiger partial charge in [-0.3, -0.25) is 0 Å². The molecule has 0 fully saturated rings. The number of nitrogens with zero attached hydrogens (tertiary/aromatic N) is 1. The van der Waals surface area contributed by atoms with Gasteiger partial charge in [-0.15, -0.1) is 0 Å². The largest absolute Gasteiger partial charge is 0.434 e. The number of rotatable bonds is 5. The smallest absolute Gasteiger partial charge is 0.387 e. The van der Waals surface area contributed by atoms with E-state index in [4.69, 9.17) is 23.2 Å². The molecule has 2 aromatic rings. The molecule has 1 heterocycles. The summed E-state index contributed by atoms with van der Waals surface area (Å²) in [6.45, 7) is -2.69. The Labute approximate surface area is 138 Å². The van der Waals surface area contributed by atoms with E-state index in [1.54, 1.807) is 18.3 Å². The van der Waals surface area contributed by atoms with E-state index in [0.29, 0.717) is 16.3 Å². The van der Waals surface area contributed by atoms with Gasteiger partial charge in [0.15, 0.2) is 5.15 Å². The van der Waals surface area contributed by atoms with E-state index in [1.807, 2.05) is 0 Å². The van der Waals surface area contributed by atoms with Gasteiger partial charge in [-0.2, -0.15) is 8.78 Å². The summed E-state index contributed by atoms with van der Waals surface area (Å²) < 4.78 is 29.9. The average molecular weight is 398 g/mol. The van der Waals surface area contributed by atoms with E-state index in [2.05, 4.69) is 31.0 Å². The predicted octanol–water partition coefficient (Wildman–Crippen LogP) is 5.36. The molecule has 0 aliphatic heterocycles. The second-order valence-electron chi connectivity index (χ2n) is 3.98. The van der Waals surface area contributed by atoms with Crippen molar-refractivity contribution in [3.63, 3.8) is 0 Å². The normalized spacial score (nSPS) is 10.8. The third-order valence-electron chi connectivity index (χ3n) is 2.51. The fourth-order valence-corrected chi connectivity index (χ4v) is 2.33. The van der Waals surface area contributed by atoms with Crippen LogP contribution in [0.3, 0.4) is 0 Å². The first-order valence-corrected chi connectivity index (χ1v) is 7.29. The number of aromatic nitrogens is 1. The van der Waals surface area contributed by atoms with Crippen LogP contribution in [0.4, 0.5) is 14.5 Å². The third-order valence-corrected chi connectivity index (χ3v) is 3.48. The van der Waals surface area contributed by atoms with Crippen LogP contribution in [0.15, 0.2) is 34.9 Å². The monoisotopic (exact) mass is 396 g/mol. The molecule has 0 spiro atoms. The summed E-state index contributed by atoms with van der Waals surface area (Å²) in [6, 6.07) is 6.15. The fraction of sp³-hybridized carbons (Fsp3) is 0.154. The number of pyridine rings is 1. The zero-order valence-electron chi connectivity index (χ0n) is 10.4. The number of hydrogen-bond donors (Lipinski definition) is 1. The Balaban J connectivity index is 2.18. The number of anilines is 1. The lowest BCUT2D eigenvalue weighted by Crippen LogP contribution is -2.07. The van der Waals surface area contributed by atoms with Crippen LogP contribution in [0.1, 0.15) is 5.56 Å². The van der Waals surface area contributed by atoms with Crippen molar-refractivity contribution in [2.24, 2.45) is 0 Å². The molecule has 3 nitrogen and oxygen atoms in total. The van der Waals surface area contributed by atoms with Crippen molar-refractivity contribution in [1.82, 2.24) is 4.98 Å². The summed E-state index contributed by atoms with van der Waals surface area (Å²) in [5.74, 6) is 0.0565. The molecule has 8 heteroatoms. The van der Waals surface area contributed by atoms with Crippen molar-refractivity contribution >= 4 is 44.8 Å². The van der Waals surface area contributed by atoms with Gasteiger partial charge in [-0.05, 0) is 40.2 Å². The van der Waals surface area contributed by atoms with Gasteiger partial charge in [0.05, 0.1) is 5.69 Å². The second kappa shape index (κ2) is 7.24. The first kappa shape index (κ1) is 16.3. The molecule has 0 unspecified atom stereocenters. The summed E-state index contributed by atoms with van der Waals surface area (Å²) in [4.78, 5) is 3.96. The Hall–Kier alpha value is -1.11. The molecule has 0 bridgehead atoms. The Morgan fingerprint density at radius 1 is 1.29 bits per heavy atom. The van der Waals surface area contributed by atoms with Gasteiger partial charge in [0, 0.05) is 27.8 Å². The molecule has 1 N–H and O–H groups in total. The van der Waals surface area contributed by atoms with Crippen LogP contribution < -0.4 is 10.1 Å². The highest BCUT2D eigenvalue weighted by atomic mass is 79.9. The van der Waals surface area contributed by atoms with E-state index in [0.717, 1.165) is 4.47 Å². The van der Waals surface area contributed by atoms with Crippen molar-refractivity contribution in [2.45, 2.75) is 13.2 Å². The van der Waals surface area contributed by atoms with E-state index in [1.165, 1.54) is 12.1 Å². The number of alkyl halides is 2. The van der Waals surface area contributed by atoms with Crippen LogP contribution in [0.2, 0.25) is 10.2 Å². The maximum Gasteiger partial charge on any atom is 0.387 e. The topological polar surface area (TPSA) is 34.1 Å². The highest BCUT2D eigenvalue weighted by molar-refractivity contribution is 9.10. The van der Waals surface area contributed by atoms with Crippen LogP contribution in [0.5, 0.6) is 5.75 Å². The van der Waals surface area contributed by atoms with Crippen LogP contribution in [0, 0.1) is 0 Å². The van der Waals surface area contributed by atoms with E-state index in [-0.39, 0.29) is 17.4 Å². The zero-order valence-corrected chi connectivity index (χ0v) is 13.5. The predicted molar refractivity (Wildman–Crippen MR) is 82.4 cm³/mol. The van der Waals surface area contributed by atoms with Gasteiger partial charge in [-0.25, -0.2) is 4.98 Å². The van der Waals surface area contributed by atoms with Gasteiger partial charge in [0.2, 0.25) is 0 Å². The molecular weight excluding hydrogens is 389 g/mol. The molecule has 1 aromatic heterocycles. The molecule has 0 saturated carbocycles. The van der Waals surface area contributed by atoms with Crippen molar-refractivity contribution in [3.05, 3.63) is 50.7 Å². The number of nitrogens with one attached hydrogen (secondary N) is 1. The van der Waals surface area contributed by atoms with Gasteiger partial charge >= 0.3 is 6.61 Å². The second-order valence-corrected chi connectivity index (χ2v) is 5.69. The summed E-state index contributed by atoms with van der Waals surface area (Å²) >= 11 is 15.1. The molecule has 112 valence electrons. The van der Waals surface area contributed by atoms with Gasteiger partial charge in [-0.1, -0.05) is 23.2 Å². The van der Waals surface area contributed by atoms with E-state index >= 15 is 0 Å². The first-order valence-electron chi connectivity index (χ1n) is 5.74. The maximum absolute atomic E-state index is 12.4. The molecule has 21 heavy (non-hydrogen) atoms. The molecule has 0 amide bonds. The highest BCUT2D eigenvalue weighted by Gasteiger charge is 2.11. The first-order chi connectivity index (χ1) is 9.95. The van der Waals surface area contributed by atoms with Crippen LogP contribution in [-0.2, 0) is 6.54 Å². The number of hydrogen-bond acceptors (Lipinski definition) is 3. The Morgan fingerprint density at radius 2 is 2.05 bits per heavy atom. The number of ether oxygens (including phenoxy) is 1. The summed E-state index contributed by atoms with van der Waals surface area (Å²) in [5.41, 5.74) is 1.05. The molecule has 2 rings (SSSR count). The molecule has 0 saturated heterocycles. The highest BCUT2D eigenvalue weighted by Crippen LogP contribution is 2.28. The van der Waals surface area contributed by atoms with Crippen molar-refractivity contribution < 1.29 is 13.5 Å². The number of benzene rings is 1. The molecule has 0 aliphatic rings. The maximum atomic E-state index is 12.4. The molecule has 0 radical (unpaired) electrons. The van der Waals surface area contributed by atoms with Crippen LogP contribution >= 0.6 is 39.1 Å². The summed E-state index contributed by atoms with van der Waals surface area (Å²) in [7, 11) is 0. The minimum Gasteiger partial charge on any atom is -0.434 e. The van der Waals surface area contributed by atoms with Crippen LogP contribution in [0.25, 0.3) is 0 Å². The van der Waals surface area contributed by atoms with Crippen molar-refractivity contribution in [1.29, 1.82) is 0 Å². The quantitative estimate of drug-likeness (QED) is 0.689. The zero-order chi connectivity index (χ0) is 15.4. The Kier molecular flexibility index (Phi) is 5.61. The SMILES string of the molecule is FC(F)Oc1ccc(Cl)cc1CNc1cc(Br)cnc1Cl. The Morgan fingerprint density at radius 3 is 2.76 bits per heavy atom. The lowest BCUT2D eigenvalue weighted by atomic mass is 10.2. The van der Waals surface area contributed by atoms with Crippen molar-refractivity contribution in [3.8, 4) is 5.75 Å².